The van der Waals surface area contributed by atoms with E-state index in [1.165, 1.54) is 23.8 Å². The van der Waals surface area contributed by atoms with Gasteiger partial charge < -0.3 is 10.1 Å². The average Bonchev–Trinajstić information content (AvgIpc) is 2.65. The van der Waals surface area contributed by atoms with Gasteiger partial charge in [-0.1, -0.05) is 51.1 Å². The first kappa shape index (κ1) is 23.8. The van der Waals surface area contributed by atoms with Crippen molar-refractivity contribution in [1.82, 2.24) is 9.62 Å². The number of hydrogen-bond donors (Lipinski definition) is 1. The molecule has 0 unspecified atom stereocenters. The van der Waals surface area contributed by atoms with Crippen LogP contribution in [0, 0.1) is 5.82 Å². The van der Waals surface area contributed by atoms with Gasteiger partial charge in [-0.15, -0.1) is 0 Å². The highest BCUT2D eigenvalue weighted by molar-refractivity contribution is 7.88. The standard InChI is InChI=1S/C22H29FN2O4S/c1-22(2,3)18-9-11-19(12-10-18)29-14-13-24-21(26)16-25(30(4,27)28)15-17-7-5-6-8-20(17)23/h5-12H,13-16H2,1-4H3,(H,24,26). The molecule has 1 amide bonds. The Morgan fingerprint density at radius 1 is 1.10 bits per heavy atom. The van der Waals surface area contributed by atoms with Gasteiger partial charge in [-0.2, -0.15) is 4.31 Å². The third kappa shape index (κ3) is 7.42. The van der Waals surface area contributed by atoms with Crippen molar-refractivity contribution < 1.29 is 22.3 Å². The van der Waals surface area contributed by atoms with Crippen molar-refractivity contribution in [3.05, 3.63) is 65.5 Å². The first-order chi connectivity index (χ1) is 14.0. The molecule has 0 aliphatic heterocycles. The van der Waals surface area contributed by atoms with Crippen molar-refractivity contribution in [3.8, 4) is 5.75 Å². The Kier molecular flexibility index (Phi) is 7.97. The van der Waals surface area contributed by atoms with E-state index in [9.17, 15) is 17.6 Å². The van der Waals surface area contributed by atoms with E-state index < -0.39 is 28.3 Å². The van der Waals surface area contributed by atoms with E-state index in [1.54, 1.807) is 6.07 Å². The summed E-state index contributed by atoms with van der Waals surface area (Å²) in [7, 11) is -3.69. The smallest absolute Gasteiger partial charge is 0.235 e. The summed E-state index contributed by atoms with van der Waals surface area (Å²) in [4.78, 5) is 12.2. The van der Waals surface area contributed by atoms with Crippen molar-refractivity contribution in [2.24, 2.45) is 0 Å². The van der Waals surface area contributed by atoms with Crippen molar-refractivity contribution in [3.63, 3.8) is 0 Å². The maximum atomic E-state index is 13.8. The Balaban J connectivity index is 1.84. The quantitative estimate of drug-likeness (QED) is 0.613. The van der Waals surface area contributed by atoms with Gasteiger partial charge in [-0.05, 0) is 29.2 Å². The summed E-state index contributed by atoms with van der Waals surface area (Å²) in [6.07, 6.45) is 0.992. The van der Waals surface area contributed by atoms with Gasteiger partial charge in [0, 0.05) is 12.1 Å². The highest BCUT2D eigenvalue weighted by atomic mass is 32.2. The van der Waals surface area contributed by atoms with Crippen LogP contribution in [-0.2, 0) is 26.8 Å². The number of nitrogens with zero attached hydrogens (tertiary/aromatic N) is 1. The zero-order valence-electron chi connectivity index (χ0n) is 17.8. The molecule has 2 aromatic carbocycles. The zero-order valence-corrected chi connectivity index (χ0v) is 18.6. The molecule has 0 aliphatic rings. The fraction of sp³-hybridized carbons (Fsp3) is 0.409. The van der Waals surface area contributed by atoms with Crippen LogP contribution < -0.4 is 10.1 Å². The molecule has 0 spiro atoms. The summed E-state index contributed by atoms with van der Waals surface area (Å²) < 4.78 is 44.4. The second-order valence-corrected chi connectivity index (χ2v) is 10.1. The lowest BCUT2D eigenvalue weighted by atomic mass is 9.87. The van der Waals surface area contributed by atoms with E-state index in [-0.39, 0.29) is 30.7 Å². The minimum atomic E-state index is -3.69. The Labute approximate surface area is 178 Å². The predicted octanol–water partition coefficient (Wildman–Crippen LogP) is 3.08. The first-order valence-corrected chi connectivity index (χ1v) is 11.5. The van der Waals surface area contributed by atoms with Crippen LogP contribution in [0.15, 0.2) is 48.5 Å². The minimum absolute atomic E-state index is 0.0562. The zero-order chi connectivity index (χ0) is 22.4. The van der Waals surface area contributed by atoms with Crippen LogP contribution in [0.5, 0.6) is 5.75 Å². The van der Waals surface area contributed by atoms with Crippen LogP contribution in [0.25, 0.3) is 0 Å². The number of rotatable bonds is 9. The van der Waals surface area contributed by atoms with Crippen LogP contribution in [0.3, 0.4) is 0 Å². The molecule has 0 radical (unpaired) electrons. The number of halogens is 1. The number of ether oxygens (including phenoxy) is 1. The molecular weight excluding hydrogens is 407 g/mol. The SMILES string of the molecule is CC(C)(C)c1ccc(OCCNC(=O)CN(Cc2ccccc2F)S(C)(=O)=O)cc1. The summed E-state index contributed by atoms with van der Waals surface area (Å²) in [5, 5.41) is 2.63. The number of hydrogen-bond acceptors (Lipinski definition) is 4. The number of carbonyl (C=O) groups is 1. The van der Waals surface area contributed by atoms with Crippen molar-refractivity contribution in [2.45, 2.75) is 32.7 Å². The molecule has 0 saturated carbocycles. The summed E-state index contributed by atoms with van der Waals surface area (Å²) in [6.45, 7) is 6.24. The number of carbonyl (C=O) groups excluding carboxylic acids is 1. The van der Waals surface area contributed by atoms with Crippen molar-refractivity contribution in [2.75, 3.05) is 26.0 Å². The Bertz CT molecular complexity index is 954. The van der Waals surface area contributed by atoms with Gasteiger partial charge in [-0.3, -0.25) is 4.79 Å². The molecule has 164 valence electrons. The summed E-state index contributed by atoms with van der Waals surface area (Å²) in [5.41, 5.74) is 1.46. The van der Waals surface area contributed by atoms with E-state index in [2.05, 4.69) is 26.1 Å². The summed E-state index contributed by atoms with van der Waals surface area (Å²) in [5.74, 6) is -0.310. The maximum Gasteiger partial charge on any atom is 0.235 e. The molecule has 0 atom stereocenters. The Morgan fingerprint density at radius 3 is 2.30 bits per heavy atom. The van der Waals surface area contributed by atoms with E-state index in [0.717, 1.165) is 10.6 Å². The molecule has 0 aliphatic carbocycles. The largest absolute Gasteiger partial charge is 0.492 e. The molecule has 0 aromatic heterocycles. The van der Waals surface area contributed by atoms with Crippen LogP contribution in [0.1, 0.15) is 31.9 Å². The lowest BCUT2D eigenvalue weighted by Crippen LogP contribution is -2.41. The lowest BCUT2D eigenvalue weighted by molar-refractivity contribution is -0.121. The third-order valence-electron chi connectivity index (χ3n) is 4.51. The van der Waals surface area contributed by atoms with Crippen LogP contribution >= 0.6 is 0 Å². The molecule has 0 bridgehead atoms. The number of nitrogens with one attached hydrogen (secondary N) is 1. The van der Waals surface area contributed by atoms with Crippen LogP contribution in [0.4, 0.5) is 4.39 Å². The van der Waals surface area contributed by atoms with Gasteiger partial charge in [0.2, 0.25) is 15.9 Å². The normalized spacial score (nSPS) is 12.1. The number of sulfonamides is 1. The summed E-state index contributed by atoms with van der Waals surface area (Å²) in [6, 6.07) is 13.6. The molecule has 1 N–H and O–H groups in total. The van der Waals surface area contributed by atoms with Crippen molar-refractivity contribution in [1.29, 1.82) is 0 Å². The highest BCUT2D eigenvalue weighted by Gasteiger charge is 2.21. The Morgan fingerprint density at radius 2 is 1.73 bits per heavy atom. The highest BCUT2D eigenvalue weighted by Crippen LogP contribution is 2.24. The fourth-order valence-corrected chi connectivity index (χ4v) is 3.46. The second kappa shape index (κ2) is 10.0. The molecule has 30 heavy (non-hydrogen) atoms. The molecular formula is C22H29FN2O4S. The second-order valence-electron chi connectivity index (χ2n) is 8.10. The Hall–Kier alpha value is -2.45. The molecule has 8 heteroatoms. The van der Waals surface area contributed by atoms with Crippen LogP contribution in [0.2, 0.25) is 0 Å². The lowest BCUT2D eigenvalue weighted by Gasteiger charge is -2.20. The van der Waals surface area contributed by atoms with Gasteiger partial charge in [-0.25, -0.2) is 12.8 Å². The van der Waals surface area contributed by atoms with Gasteiger partial charge in [0.15, 0.2) is 0 Å². The van der Waals surface area contributed by atoms with E-state index in [4.69, 9.17) is 4.74 Å². The van der Waals surface area contributed by atoms with Gasteiger partial charge in [0.1, 0.15) is 18.2 Å². The van der Waals surface area contributed by atoms with Gasteiger partial charge in [0.05, 0.1) is 19.3 Å². The minimum Gasteiger partial charge on any atom is -0.492 e. The molecule has 2 rings (SSSR count). The maximum absolute atomic E-state index is 13.8. The molecule has 0 saturated heterocycles. The fourth-order valence-electron chi connectivity index (χ4n) is 2.73. The molecule has 6 nitrogen and oxygen atoms in total. The van der Waals surface area contributed by atoms with Gasteiger partial charge >= 0.3 is 0 Å². The van der Waals surface area contributed by atoms with E-state index >= 15 is 0 Å². The monoisotopic (exact) mass is 436 g/mol. The average molecular weight is 437 g/mol. The number of amides is 1. The summed E-state index contributed by atoms with van der Waals surface area (Å²) >= 11 is 0. The van der Waals surface area contributed by atoms with E-state index in [1.807, 2.05) is 24.3 Å². The number of benzene rings is 2. The molecule has 0 fully saturated rings. The van der Waals surface area contributed by atoms with E-state index in [0.29, 0.717) is 5.75 Å². The predicted molar refractivity (Wildman–Crippen MR) is 115 cm³/mol. The topological polar surface area (TPSA) is 75.7 Å². The molecule has 2 aromatic rings. The van der Waals surface area contributed by atoms with Crippen LogP contribution in [-0.4, -0.2) is 44.6 Å². The molecule has 0 heterocycles. The first-order valence-electron chi connectivity index (χ1n) is 9.65. The van der Waals surface area contributed by atoms with Crippen molar-refractivity contribution >= 4 is 15.9 Å². The third-order valence-corrected chi connectivity index (χ3v) is 5.70. The van der Waals surface area contributed by atoms with Gasteiger partial charge in [0.25, 0.3) is 0 Å².